The van der Waals surface area contributed by atoms with E-state index in [1.54, 1.807) is 0 Å². The molecule has 1 saturated heterocycles. The Morgan fingerprint density at radius 1 is 1.17 bits per heavy atom. The molecule has 0 aromatic carbocycles. The van der Waals surface area contributed by atoms with Crippen LogP contribution in [0.5, 0.6) is 0 Å². The van der Waals surface area contributed by atoms with E-state index in [1.165, 1.54) is 25.7 Å². The number of nitrogens with one attached hydrogen (secondary N) is 1. The lowest BCUT2D eigenvalue weighted by Crippen LogP contribution is -2.52. The van der Waals surface area contributed by atoms with Gasteiger partial charge in [0.2, 0.25) is 0 Å². The van der Waals surface area contributed by atoms with E-state index in [0.717, 1.165) is 25.9 Å². The zero-order valence-electron chi connectivity index (χ0n) is 15.7. The first-order chi connectivity index (χ1) is 10.8. The summed E-state index contributed by atoms with van der Waals surface area (Å²) < 4.78 is 5.67. The summed E-state index contributed by atoms with van der Waals surface area (Å²) >= 11 is 0. The Hall–Kier alpha value is -0.770. The lowest BCUT2D eigenvalue weighted by molar-refractivity contribution is -0.000154. The molecular weight excluding hydrogens is 288 g/mol. The van der Waals surface area contributed by atoms with Gasteiger partial charge in [-0.3, -0.25) is 0 Å². The number of hydrogen-bond acceptors (Lipinski definition) is 3. The second kappa shape index (κ2) is 7.87. The van der Waals surface area contributed by atoms with Crippen LogP contribution in [0.3, 0.4) is 0 Å². The van der Waals surface area contributed by atoms with Gasteiger partial charge in [0, 0.05) is 18.6 Å². The van der Waals surface area contributed by atoms with E-state index in [1.807, 2.05) is 25.7 Å². The monoisotopic (exact) mass is 324 g/mol. The molecule has 1 aliphatic carbocycles. The molecule has 4 nitrogen and oxygen atoms in total. The third-order valence-electron chi connectivity index (χ3n) is 5.03. The number of piperidine rings is 1. The van der Waals surface area contributed by atoms with Gasteiger partial charge in [-0.2, -0.15) is 0 Å². The van der Waals surface area contributed by atoms with Crippen LogP contribution in [0.1, 0.15) is 73.1 Å². The van der Waals surface area contributed by atoms with Crippen LogP contribution in [-0.4, -0.2) is 41.8 Å². The van der Waals surface area contributed by atoms with E-state index in [2.05, 4.69) is 19.2 Å². The van der Waals surface area contributed by atoms with Crippen molar-refractivity contribution < 1.29 is 9.53 Å². The van der Waals surface area contributed by atoms with Gasteiger partial charge < -0.3 is 15.0 Å². The molecule has 0 radical (unpaired) electrons. The predicted octanol–water partition coefficient (Wildman–Crippen LogP) is 4.19. The molecule has 2 fully saturated rings. The van der Waals surface area contributed by atoms with Crippen LogP contribution < -0.4 is 5.32 Å². The van der Waals surface area contributed by atoms with Crippen LogP contribution in [0.15, 0.2) is 0 Å². The summed E-state index contributed by atoms with van der Waals surface area (Å²) in [5.74, 6) is 1.26. The fourth-order valence-electron chi connectivity index (χ4n) is 4.04. The molecule has 3 unspecified atom stereocenters. The molecule has 3 atom stereocenters. The van der Waals surface area contributed by atoms with E-state index in [9.17, 15) is 4.79 Å². The van der Waals surface area contributed by atoms with Gasteiger partial charge in [-0.25, -0.2) is 4.79 Å². The Kier molecular flexibility index (Phi) is 6.35. The van der Waals surface area contributed by atoms with E-state index in [0.29, 0.717) is 23.9 Å². The summed E-state index contributed by atoms with van der Waals surface area (Å²) in [4.78, 5) is 14.7. The summed E-state index contributed by atoms with van der Waals surface area (Å²) in [6, 6.07) is 0.913. The maximum atomic E-state index is 12.6. The maximum absolute atomic E-state index is 12.6. The molecule has 23 heavy (non-hydrogen) atoms. The highest BCUT2D eigenvalue weighted by Crippen LogP contribution is 2.36. The molecule has 2 rings (SSSR count). The molecule has 1 saturated carbocycles. The van der Waals surface area contributed by atoms with Gasteiger partial charge >= 0.3 is 6.09 Å². The summed E-state index contributed by atoms with van der Waals surface area (Å²) in [5.41, 5.74) is -0.413. The van der Waals surface area contributed by atoms with Crippen LogP contribution in [0.2, 0.25) is 0 Å². The second-order valence-corrected chi connectivity index (χ2v) is 8.74. The zero-order valence-corrected chi connectivity index (χ0v) is 15.7. The van der Waals surface area contributed by atoms with Gasteiger partial charge in [0.25, 0.3) is 0 Å². The standard InChI is InChI=1S/C19H36N2O2/c1-14(2)13-20-16-10-8-9-15(16)17-11-6-7-12-21(17)18(22)23-19(3,4)5/h14-17,20H,6-13H2,1-5H3. The number of likely N-dealkylation sites (tertiary alicyclic amines) is 1. The van der Waals surface area contributed by atoms with Crippen molar-refractivity contribution in [2.24, 2.45) is 11.8 Å². The van der Waals surface area contributed by atoms with Crippen molar-refractivity contribution >= 4 is 6.09 Å². The summed E-state index contributed by atoms with van der Waals surface area (Å²) in [5, 5.41) is 3.76. The fourth-order valence-corrected chi connectivity index (χ4v) is 4.04. The van der Waals surface area contributed by atoms with Crippen molar-refractivity contribution in [1.29, 1.82) is 0 Å². The van der Waals surface area contributed by atoms with Crippen molar-refractivity contribution in [3.63, 3.8) is 0 Å². The molecule has 1 aliphatic heterocycles. The van der Waals surface area contributed by atoms with Crippen molar-refractivity contribution in [3.05, 3.63) is 0 Å². The van der Waals surface area contributed by atoms with Gasteiger partial charge in [-0.15, -0.1) is 0 Å². The Bertz CT molecular complexity index is 389. The predicted molar refractivity (Wildman–Crippen MR) is 94.5 cm³/mol. The normalized spacial score (nSPS) is 29.1. The summed E-state index contributed by atoms with van der Waals surface area (Å²) in [6.45, 7) is 12.3. The molecule has 4 heteroatoms. The smallest absolute Gasteiger partial charge is 0.410 e. The molecule has 0 aromatic heterocycles. The molecule has 0 spiro atoms. The average molecular weight is 325 g/mol. The summed E-state index contributed by atoms with van der Waals surface area (Å²) in [6.07, 6.45) is 7.11. The van der Waals surface area contributed by atoms with Gasteiger partial charge in [0.15, 0.2) is 0 Å². The molecule has 134 valence electrons. The van der Waals surface area contributed by atoms with Crippen molar-refractivity contribution in [2.45, 2.75) is 90.8 Å². The first-order valence-corrected chi connectivity index (χ1v) is 9.51. The van der Waals surface area contributed by atoms with Crippen LogP contribution >= 0.6 is 0 Å². The Morgan fingerprint density at radius 3 is 2.57 bits per heavy atom. The van der Waals surface area contributed by atoms with Gasteiger partial charge in [-0.05, 0) is 71.3 Å². The molecule has 1 amide bonds. The Balaban J connectivity index is 2.03. The Morgan fingerprint density at radius 2 is 1.91 bits per heavy atom. The van der Waals surface area contributed by atoms with E-state index in [-0.39, 0.29) is 6.09 Å². The minimum absolute atomic E-state index is 0.114. The number of rotatable bonds is 4. The molecule has 2 aliphatic rings. The fraction of sp³-hybridized carbons (Fsp3) is 0.947. The quantitative estimate of drug-likeness (QED) is 0.843. The average Bonchev–Trinajstić information content (AvgIpc) is 2.91. The number of hydrogen-bond donors (Lipinski definition) is 1. The molecule has 0 aromatic rings. The SMILES string of the molecule is CC(C)CNC1CCCC1C1CCCCN1C(=O)OC(C)(C)C. The number of carbonyl (C=O) groups excluding carboxylic acids is 1. The zero-order chi connectivity index (χ0) is 17.0. The van der Waals surface area contributed by atoms with Gasteiger partial charge in [-0.1, -0.05) is 20.3 Å². The number of ether oxygens (including phenoxy) is 1. The molecular formula is C19H36N2O2. The molecule has 1 heterocycles. The van der Waals surface area contributed by atoms with E-state index in [4.69, 9.17) is 4.74 Å². The van der Waals surface area contributed by atoms with Gasteiger partial charge in [0.1, 0.15) is 5.60 Å². The first-order valence-electron chi connectivity index (χ1n) is 9.51. The van der Waals surface area contributed by atoms with Crippen LogP contribution in [0.25, 0.3) is 0 Å². The third kappa shape index (κ3) is 5.37. The third-order valence-corrected chi connectivity index (χ3v) is 5.03. The number of carbonyl (C=O) groups is 1. The molecule has 1 N–H and O–H groups in total. The summed E-state index contributed by atoms with van der Waals surface area (Å²) in [7, 11) is 0. The van der Waals surface area contributed by atoms with Crippen molar-refractivity contribution in [1.82, 2.24) is 10.2 Å². The molecule has 0 bridgehead atoms. The topological polar surface area (TPSA) is 41.6 Å². The van der Waals surface area contributed by atoms with Gasteiger partial charge in [0.05, 0.1) is 0 Å². The second-order valence-electron chi connectivity index (χ2n) is 8.74. The highest BCUT2D eigenvalue weighted by atomic mass is 16.6. The lowest BCUT2D eigenvalue weighted by atomic mass is 9.86. The highest BCUT2D eigenvalue weighted by Gasteiger charge is 2.40. The maximum Gasteiger partial charge on any atom is 0.410 e. The minimum atomic E-state index is -0.413. The van der Waals surface area contributed by atoms with Crippen LogP contribution in [0, 0.1) is 11.8 Å². The number of nitrogens with zero attached hydrogens (tertiary/aromatic N) is 1. The largest absolute Gasteiger partial charge is 0.444 e. The number of amides is 1. The van der Waals surface area contributed by atoms with E-state index >= 15 is 0 Å². The minimum Gasteiger partial charge on any atom is -0.444 e. The van der Waals surface area contributed by atoms with Crippen molar-refractivity contribution in [2.75, 3.05) is 13.1 Å². The van der Waals surface area contributed by atoms with E-state index < -0.39 is 5.60 Å². The van der Waals surface area contributed by atoms with Crippen LogP contribution in [0.4, 0.5) is 4.79 Å². The van der Waals surface area contributed by atoms with Crippen LogP contribution in [-0.2, 0) is 4.74 Å². The van der Waals surface area contributed by atoms with Crippen molar-refractivity contribution in [3.8, 4) is 0 Å². The highest BCUT2D eigenvalue weighted by molar-refractivity contribution is 5.68. The Labute approximate surface area is 142 Å². The lowest BCUT2D eigenvalue weighted by Gasteiger charge is -2.41. The first kappa shape index (κ1) is 18.6.